The maximum Gasteiger partial charge on any atom is 0.227 e. The molecule has 126 valence electrons. The van der Waals surface area contributed by atoms with Crippen LogP contribution in [-0.4, -0.2) is 59.9 Å². The number of anilines is 2. The molecule has 0 radical (unpaired) electrons. The number of carbonyl (C=O) groups is 1. The molecule has 1 saturated heterocycles. The number of Topliss-reactive ketones (excluding diaryl/α,β-unsaturated/α-hetero) is 1. The molecule has 2 heterocycles. The Morgan fingerprint density at radius 2 is 1.87 bits per heavy atom. The predicted octanol–water partition coefficient (Wildman–Crippen LogP) is 1.82. The quantitative estimate of drug-likeness (QED) is 0.914. The normalized spacial score (nSPS) is 22.1. The van der Waals surface area contributed by atoms with Gasteiger partial charge < -0.3 is 15.1 Å². The number of carbonyl (C=O) groups excluding carboxylic acids is 1. The second-order valence-corrected chi connectivity index (χ2v) is 6.58. The van der Waals surface area contributed by atoms with Gasteiger partial charge in [-0.25, -0.2) is 4.98 Å². The van der Waals surface area contributed by atoms with Crippen LogP contribution in [0.5, 0.6) is 0 Å². The molecular formula is C17H27N5O. The first kappa shape index (κ1) is 16.2. The molecule has 0 spiro atoms. The molecule has 0 unspecified atom stereocenters. The number of aromatic nitrogens is 2. The lowest BCUT2D eigenvalue weighted by atomic mass is 9.87. The van der Waals surface area contributed by atoms with E-state index in [1.807, 2.05) is 6.92 Å². The third kappa shape index (κ3) is 3.32. The van der Waals surface area contributed by atoms with Gasteiger partial charge in [0, 0.05) is 39.1 Å². The first-order valence-electron chi connectivity index (χ1n) is 8.77. The van der Waals surface area contributed by atoms with Crippen LogP contribution in [0.1, 0.15) is 43.2 Å². The number of nitrogens with one attached hydrogen (secondary N) is 1. The Bertz CT molecular complexity index is 563. The smallest absolute Gasteiger partial charge is 0.227 e. The van der Waals surface area contributed by atoms with Crippen LogP contribution >= 0.6 is 0 Å². The molecule has 1 aliphatic heterocycles. The van der Waals surface area contributed by atoms with E-state index in [2.05, 4.69) is 29.0 Å². The van der Waals surface area contributed by atoms with Crippen LogP contribution in [0.15, 0.2) is 0 Å². The zero-order chi connectivity index (χ0) is 16.4. The van der Waals surface area contributed by atoms with Gasteiger partial charge in [0.25, 0.3) is 0 Å². The average molecular weight is 317 g/mol. The molecule has 0 aromatic carbocycles. The SMILES string of the molecule is CCNc1nc(N2CCN(CC)CC2)nc2c1C(=O)C[C@H](C)C2. The van der Waals surface area contributed by atoms with E-state index in [-0.39, 0.29) is 5.78 Å². The van der Waals surface area contributed by atoms with Crippen molar-refractivity contribution < 1.29 is 4.79 Å². The van der Waals surface area contributed by atoms with Crippen molar-refractivity contribution in [2.75, 3.05) is 49.5 Å². The van der Waals surface area contributed by atoms with Gasteiger partial charge in [0.1, 0.15) is 5.82 Å². The molecule has 6 nitrogen and oxygen atoms in total. The van der Waals surface area contributed by atoms with Gasteiger partial charge in [-0.15, -0.1) is 0 Å². The van der Waals surface area contributed by atoms with Gasteiger partial charge >= 0.3 is 0 Å². The summed E-state index contributed by atoms with van der Waals surface area (Å²) >= 11 is 0. The second-order valence-electron chi connectivity index (χ2n) is 6.58. The first-order valence-corrected chi connectivity index (χ1v) is 8.77. The van der Waals surface area contributed by atoms with E-state index in [0.29, 0.717) is 12.3 Å². The number of nitrogens with zero attached hydrogens (tertiary/aromatic N) is 4. The maximum absolute atomic E-state index is 12.4. The summed E-state index contributed by atoms with van der Waals surface area (Å²) in [4.78, 5) is 26.6. The highest BCUT2D eigenvalue weighted by molar-refractivity contribution is 6.02. The zero-order valence-electron chi connectivity index (χ0n) is 14.4. The number of piperazine rings is 1. The van der Waals surface area contributed by atoms with Gasteiger partial charge in [-0.3, -0.25) is 4.79 Å². The zero-order valence-corrected chi connectivity index (χ0v) is 14.4. The minimum Gasteiger partial charge on any atom is -0.370 e. The number of hydrogen-bond acceptors (Lipinski definition) is 6. The molecule has 0 bridgehead atoms. The fraction of sp³-hybridized carbons (Fsp3) is 0.706. The standard InChI is InChI=1S/C17H27N5O/c1-4-18-16-15-13(10-12(3)11-14(15)23)19-17(20-16)22-8-6-21(5-2)7-9-22/h12H,4-11H2,1-3H3,(H,18,19,20)/t12-/m1/s1. The summed E-state index contributed by atoms with van der Waals surface area (Å²) in [5.41, 5.74) is 1.65. The Morgan fingerprint density at radius 3 is 2.52 bits per heavy atom. The summed E-state index contributed by atoms with van der Waals surface area (Å²) in [7, 11) is 0. The Labute approximate surface area is 138 Å². The van der Waals surface area contributed by atoms with E-state index in [9.17, 15) is 4.79 Å². The van der Waals surface area contributed by atoms with Crippen molar-refractivity contribution >= 4 is 17.5 Å². The third-order valence-corrected chi connectivity index (χ3v) is 4.77. The van der Waals surface area contributed by atoms with Crippen LogP contribution in [0.2, 0.25) is 0 Å². The number of likely N-dealkylation sites (N-methyl/N-ethyl adjacent to an activating group) is 1. The van der Waals surface area contributed by atoms with Gasteiger partial charge in [0.05, 0.1) is 11.3 Å². The van der Waals surface area contributed by atoms with Crippen molar-refractivity contribution in [2.24, 2.45) is 5.92 Å². The molecule has 2 aliphatic rings. The predicted molar refractivity (Wildman–Crippen MR) is 92.3 cm³/mol. The second kappa shape index (κ2) is 6.83. The Kier molecular flexibility index (Phi) is 4.80. The molecule has 3 rings (SSSR count). The van der Waals surface area contributed by atoms with Crippen molar-refractivity contribution in [3.05, 3.63) is 11.3 Å². The largest absolute Gasteiger partial charge is 0.370 e. The minimum absolute atomic E-state index is 0.178. The first-order chi connectivity index (χ1) is 11.1. The van der Waals surface area contributed by atoms with Gasteiger partial charge in [-0.1, -0.05) is 13.8 Å². The lowest BCUT2D eigenvalue weighted by Gasteiger charge is -2.34. The molecule has 0 amide bonds. The molecule has 6 heteroatoms. The molecule has 23 heavy (non-hydrogen) atoms. The van der Waals surface area contributed by atoms with Crippen LogP contribution in [0.3, 0.4) is 0 Å². The number of rotatable bonds is 4. The van der Waals surface area contributed by atoms with Gasteiger partial charge in [-0.2, -0.15) is 4.98 Å². The van der Waals surface area contributed by atoms with Crippen molar-refractivity contribution in [1.29, 1.82) is 0 Å². The van der Waals surface area contributed by atoms with Crippen LogP contribution in [0, 0.1) is 5.92 Å². The molecule has 1 aromatic rings. The fourth-order valence-corrected chi connectivity index (χ4v) is 3.46. The average Bonchev–Trinajstić information content (AvgIpc) is 2.54. The van der Waals surface area contributed by atoms with Crippen LogP contribution in [0.4, 0.5) is 11.8 Å². The molecule has 1 fully saturated rings. The van der Waals surface area contributed by atoms with Gasteiger partial charge in [0.15, 0.2) is 5.78 Å². The summed E-state index contributed by atoms with van der Waals surface area (Å²) in [6.45, 7) is 12.2. The minimum atomic E-state index is 0.178. The fourth-order valence-electron chi connectivity index (χ4n) is 3.46. The van der Waals surface area contributed by atoms with E-state index < -0.39 is 0 Å². The topological polar surface area (TPSA) is 61.4 Å². The van der Waals surface area contributed by atoms with E-state index in [0.717, 1.165) is 68.7 Å². The van der Waals surface area contributed by atoms with Crippen molar-refractivity contribution in [3.63, 3.8) is 0 Å². The Morgan fingerprint density at radius 1 is 1.13 bits per heavy atom. The summed E-state index contributed by atoms with van der Waals surface area (Å²) in [6.07, 6.45) is 1.47. The van der Waals surface area contributed by atoms with E-state index in [4.69, 9.17) is 9.97 Å². The monoisotopic (exact) mass is 317 g/mol. The van der Waals surface area contributed by atoms with E-state index in [1.54, 1.807) is 0 Å². The summed E-state index contributed by atoms with van der Waals surface area (Å²) < 4.78 is 0. The van der Waals surface area contributed by atoms with Crippen molar-refractivity contribution in [1.82, 2.24) is 14.9 Å². The lowest BCUT2D eigenvalue weighted by molar-refractivity contribution is 0.0952. The molecule has 1 aliphatic carbocycles. The summed E-state index contributed by atoms with van der Waals surface area (Å²) in [5.74, 6) is 2.04. The molecule has 1 N–H and O–H groups in total. The Hall–Kier alpha value is -1.69. The highest BCUT2D eigenvalue weighted by Crippen LogP contribution is 2.30. The van der Waals surface area contributed by atoms with Gasteiger partial charge in [-0.05, 0) is 25.8 Å². The maximum atomic E-state index is 12.4. The van der Waals surface area contributed by atoms with Crippen LogP contribution in [0.25, 0.3) is 0 Å². The van der Waals surface area contributed by atoms with Crippen LogP contribution < -0.4 is 10.2 Å². The van der Waals surface area contributed by atoms with Crippen molar-refractivity contribution in [3.8, 4) is 0 Å². The number of ketones is 1. The van der Waals surface area contributed by atoms with Crippen LogP contribution in [-0.2, 0) is 6.42 Å². The van der Waals surface area contributed by atoms with Crippen molar-refractivity contribution in [2.45, 2.75) is 33.6 Å². The Balaban J connectivity index is 1.91. The molecule has 0 saturated carbocycles. The molecule has 1 aromatic heterocycles. The summed E-state index contributed by atoms with van der Waals surface area (Å²) in [6, 6.07) is 0. The third-order valence-electron chi connectivity index (χ3n) is 4.77. The number of hydrogen-bond donors (Lipinski definition) is 1. The highest BCUT2D eigenvalue weighted by atomic mass is 16.1. The molecule has 1 atom stereocenters. The molecular weight excluding hydrogens is 290 g/mol. The highest BCUT2D eigenvalue weighted by Gasteiger charge is 2.29. The lowest BCUT2D eigenvalue weighted by Crippen LogP contribution is -2.47. The van der Waals surface area contributed by atoms with E-state index >= 15 is 0 Å². The van der Waals surface area contributed by atoms with E-state index in [1.165, 1.54) is 0 Å². The number of fused-ring (bicyclic) bond motifs is 1. The summed E-state index contributed by atoms with van der Waals surface area (Å²) in [5, 5.41) is 3.27. The van der Waals surface area contributed by atoms with Gasteiger partial charge in [0.2, 0.25) is 5.95 Å².